The third-order valence-electron chi connectivity index (χ3n) is 28.9. The predicted octanol–water partition coefficient (Wildman–Crippen LogP) is 19.1. The number of aromatic nitrogens is 15. The molecule has 4 N–H and O–H groups in total. The Bertz CT molecular complexity index is 7680. The van der Waals surface area contributed by atoms with E-state index in [1.165, 1.54) is 77.2 Å². The number of rotatable bonds is 15. The Balaban J connectivity index is 0.000000136. The Kier molecular flexibility index (Phi) is 25.3. The van der Waals surface area contributed by atoms with E-state index in [9.17, 15) is 24.0 Å². The average molecular weight is 1960 g/mol. The molecule has 6 aliphatic rings. The van der Waals surface area contributed by atoms with Crippen LogP contribution in [-0.4, -0.2) is 195 Å². The van der Waals surface area contributed by atoms with Gasteiger partial charge < -0.3 is 54.4 Å². The van der Waals surface area contributed by atoms with Crippen LogP contribution in [0.15, 0.2) is 145 Å². The van der Waals surface area contributed by atoms with Gasteiger partial charge in [0.2, 0.25) is 23.5 Å². The molecule has 0 saturated carbocycles. The standard InChI is InChI=1S/C36H37ClFN7O2.C36H38F2N8O2.C36H37F2N7O3/c1-8-26(46)43-14-21-11-23-33(44(21)13-20(43)7)22-12-24(38)28(27-19(6)9-10-25-32(27)42-15-39-25)29(37)34(22)45(36(23)47)35-30(17(2)3)40-16-41-31(35)18(4)5;1-8-25(47)44-14-21-12-39-32-34(45(21)13-20(44)7)22-11-23(37)27(26-19(6)9-10-24-31(26)43-15-40-24)28(38)33(22)46(36(32)48)35-29(17(2)3)41-16-42-30(35)18(4)5;1-8-25(46)43-13-21-14-48-35-33(44(21)12-20(43)7)22-11-23(37)27(26-19(6)9-10-24-31(26)42-15-39-24)28(38)32(22)45(36(35)47)34-29(17(2)3)40-16-41-30(34)18(4)5/h8-10,12,15-18,20-21H,1,11,13-14H2,2-7H3,(H,39,42);8-11,15-18,20-21,39H,1,12-14H2,2-7H3,(H,40,43);8-11,15-18,20-21H,1,12-14H2,2-7H3,(H,39,42). The van der Waals surface area contributed by atoms with Gasteiger partial charge in [0.15, 0.2) is 11.6 Å². The Morgan fingerprint density at radius 2 is 0.748 bits per heavy atom. The van der Waals surface area contributed by atoms with E-state index >= 15 is 26.7 Å². The number of aryl methyl sites for hydroxylation is 3. The molecule has 0 aliphatic carbocycles. The molecule has 21 rings (SSSR count). The molecule has 0 radical (unpaired) electrons. The highest BCUT2D eigenvalue weighted by atomic mass is 35.5. The third kappa shape index (κ3) is 15.7. The number of amides is 3. The number of aromatic amines is 3. The minimum Gasteiger partial charge on any atom is -0.484 e. The van der Waals surface area contributed by atoms with Gasteiger partial charge >= 0.3 is 0 Å². The van der Waals surface area contributed by atoms with E-state index in [0.717, 1.165) is 11.1 Å². The minimum absolute atomic E-state index is 0.0140. The van der Waals surface area contributed by atoms with Crippen molar-refractivity contribution in [2.45, 2.75) is 203 Å². The lowest BCUT2D eigenvalue weighted by Crippen LogP contribution is -2.62. The lowest BCUT2D eigenvalue weighted by molar-refractivity contribution is -0.129. The Morgan fingerprint density at radius 3 is 1.14 bits per heavy atom. The Morgan fingerprint density at radius 1 is 0.413 bits per heavy atom. The van der Waals surface area contributed by atoms with Crippen molar-refractivity contribution >= 4 is 118 Å². The zero-order chi connectivity index (χ0) is 102. The van der Waals surface area contributed by atoms with E-state index in [0.29, 0.717) is 192 Å². The summed E-state index contributed by atoms with van der Waals surface area (Å²) in [6.07, 6.45) is 13.3. The van der Waals surface area contributed by atoms with E-state index in [1.54, 1.807) is 51.6 Å². The topological polar surface area (TPSA) is 321 Å². The number of imidazole rings is 3. The van der Waals surface area contributed by atoms with Crippen LogP contribution in [0.2, 0.25) is 5.02 Å². The zero-order valence-corrected chi connectivity index (χ0v) is 83.7. The van der Waals surface area contributed by atoms with Gasteiger partial charge in [-0.3, -0.25) is 42.5 Å². The molecule has 143 heavy (non-hydrogen) atoms. The van der Waals surface area contributed by atoms with E-state index in [4.69, 9.17) is 16.3 Å². The van der Waals surface area contributed by atoms with Crippen molar-refractivity contribution in [3.05, 3.63) is 252 Å². The quantitative estimate of drug-likeness (QED) is 0.0547. The summed E-state index contributed by atoms with van der Waals surface area (Å²) in [5.74, 6) is -5.18. The number of H-pyrrole nitrogens is 3. The molecular formula is C108H112ClF5N22O7. The zero-order valence-electron chi connectivity index (χ0n) is 83.0. The van der Waals surface area contributed by atoms with Crippen LogP contribution in [0, 0.1) is 49.9 Å². The fourth-order valence-corrected chi connectivity index (χ4v) is 22.5. The molecule has 0 spiro atoms. The highest BCUT2D eigenvalue weighted by Crippen LogP contribution is 2.52. The molecule has 6 aromatic carbocycles. The molecule has 0 bridgehead atoms. The van der Waals surface area contributed by atoms with Crippen molar-refractivity contribution in [3.8, 4) is 56.2 Å². The molecule has 9 aromatic heterocycles. The summed E-state index contributed by atoms with van der Waals surface area (Å²) in [4.78, 5) is 145. The van der Waals surface area contributed by atoms with Gasteiger partial charge in [-0.25, -0.2) is 66.8 Å². The van der Waals surface area contributed by atoms with E-state index in [2.05, 4.69) is 89.8 Å². The first kappa shape index (κ1) is 97.0. The number of anilines is 4. The molecule has 15 heterocycles. The number of fused-ring (bicyclic) bond motifs is 18. The SMILES string of the molecule is C=CC(=O)N1CC2CNc3c(c4cc(F)c(-c5c(C)ccc6[nH]cnc56)c(F)c4n(-c4c(C(C)C)ncnc4C(C)C)c3=O)N2CC1C.C=CC(=O)N1CC2COc3c(c4cc(F)c(-c5c(C)ccc6[nH]cnc56)c(F)c4n(-c4c(C(C)C)ncnc4C(C)C)c3=O)N2CC1C.C=CC(=O)N1CC2Cc3c(c4cc(F)c(-c5c(C)ccc6[nH]cnc56)c(Cl)c4n(-c4c(C(C)C)ncnc4C(C)C)c3=O)N2CC1C. The predicted molar refractivity (Wildman–Crippen MR) is 549 cm³/mol. The normalized spacial score (nSPS) is 17.6. The Labute approximate surface area is 826 Å². The van der Waals surface area contributed by atoms with Gasteiger partial charge in [0.05, 0.1) is 171 Å². The first-order chi connectivity index (χ1) is 68.3. The third-order valence-corrected chi connectivity index (χ3v) is 29.3. The number of ether oxygens (including phenoxy) is 1. The molecule has 3 fully saturated rings. The number of pyridine rings is 3. The number of hydrogen-bond donors (Lipinski definition) is 4. The van der Waals surface area contributed by atoms with Crippen LogP contribution < -0.4 is 41.4 Å². The van der Waals surface area contributed by atoms with Crippen LogP contribution >= 0.6 is 11.6 Å². The highest BCUT2D eigenvalue weighted by Gasteiger charge is 2.47. The fraction of sp³-hybridized carbons (Fsp3) is 0.361. The molecule has 15 aromatic rings. The average Bonchev–Trinajstić information content (AvgIpc) is 1.64. The van der Waals surface area contributed by atoms with Gasteiger partial charge in [0.1, 0.15) is 48.7 Å². The van der Waals surface area contributed by atoms with Crippen molar-refractivity contribution in [1.29, 1.82) is 0 Å². The van der Waals surface area contributed by atoms with Gasteiger partial charge in [-0.15, -0.1) is 0 Å². The van der Waals surface area contributed by atoms with E-state index in [1.807, 2.05) is 145 Å². The van der Waals surface area contributed by atoms with Gasteiger partial charge in [-0.05, 0) is 148 Å². The number of nitrogens with zero attached hydrogens (tertiary/aromatic N) is 18. The van der Waals surface area contributed by atoms with Crippen LogP contribution in [0.5, 0.6) is 5.75 Å². The lowest BCUT2D eigenvalue weighted by Gasteiger charge is -2.49. The number of nitrogens with one attached hydrogen (secondary N) is 4. The lowest BCUT2D eigenvalue weighted by atomic mass is 9.93. The summed E-state index contributed by atoms with van der Waals surface area (Å²) < 4.78 is 96.1. The fourth-order valence-electron chi connectivity index (χ4n) is 22.2. The first-order valence-electron chi connectivity index (χ1n) is 48.4. The monoisotopic (exact) mass is 1960 g/mol. The molecular weight excluding hydrogens is 1850 g/mol. The second-order valence-electron chi connectivity index (χ2n) is 40.0. The number of hydrogen-bond acceptors (Lipinski definition) is 20. The van der Waals surface area contributed by atoms with Crippen molar-refractivity contribution < 1.29 is 41.1 Å². The van der Waals surface area contributed by atoms with Gasteiger partial charge in [-0.2, -0.15) is 0 Å². The van der Waals surface area contributed by atoms with Crippen molar-refractivity contribution in [1.82, 2.24) is 88.2 Å². The van der Waals surface area contributed by atoms with Crippen LogP contribution in [0.25, 0.3) is 116 Å². The first-order valence-corrected chi connectivity index (χ1v) is 48.8. The van der Waals surface area contributed by atoms with Gasteiger partial charge in [-0.1, -0.05) is 133 Å². The van der Waals surface area contributed by atoms with Crippen molar-refractivity contribution in [3.63, 3.8) is 0 Å². The van der Waals surface area contributed by atoms with Crippen LogP contribution in [0.3, 0.4) is 0 Å². The molecule has 3 saturated heterocycles. The highest BCUT2D eigenvalue weighted by molar-refractivity contribution is 6.39. The second-order valence-corrected chi connectivity index (χ2v) is 40.4. The second kappa shape index (κ2) is 37.2. The summed E-state index contributed by atoms with van der Waals surface area (Å²) in [6, 6.07) is 13.7. The summed E-state index contributed by atoms with van der Waals surface area (Å²) in [5.41, 5.74) is 12.3. The molecule has 6 aliphatic heterocycles. The van der Waals surface area contributed by atoms with Crippen LogP contribution in [0.1, 0.15) is 196 Å². The molecule has 29 nitrogen and oxygen atoms in total. The number of benzene rings is 6. The van der Waals surface area contributed by atoms with Crippen molar-refractivity contribution in [2.75, 3.05) is 72.4 Å². The number of carbonyl (C=O) groups is 3. The largest absolute Gasteiger partial charge is 0.484 e. The number of piperazine rings is 3. The summed E-state index contributed by atoms with van der Waals surface area (Å²) in [5, 5.41) is 4.35. The van der Waals surface area contributed by atoms with Crippen LogP contribution in [-0.2, 0) is 20.8 Å². The molecule has 3 amide bonds. The number of carbonyl (C=O) groups excluding carboxylic acids is 3. The summed E-state index contributed by atoms with van der Waals surface area (Å²) >= 11 is 7.44. The van der Waals surface area contributed by atoms with E-state index in [-0.39, 0.29) is 157 Å². The molecule has 6 unspecified atom stereocenters. The number of halogens is 6. The molecule has 6 atom stereocenters. The van der Waals surface area contributed by atoms with Crippen molar-refractivity contribution in [2.24, 2.45) is 0 Å². The minimum atomic E-state index is -0.910. The summed E-state index contributed by atoms with van der Waals surface area (Å²) in [7, 11) is 0. The maximum absolute atomic E-state index is 17.7. The van der Waals surface area contributed by atoms with Gasteiger partial charge in [0.25, 0.3) is 16.7 Å². The summed E-state index contributed by atoms with van der Waals surface area (Å²) in [6.45, 7) is 48.6. The maximum atomic E-state index is 17.7. The maximum Gasteiger partial charge on any atom is 0.300 e. The molecule has 35 heteroatoms. The van der Waals surface area contributed by atoms with Crippen LogP contribution in [0.4, 0.5) is 44.7 Å². The Hall–Kier alpha value is -14.8. The van der Waals surface area contributed by atoms with E-state index < -0.39 is 40.2 Å². The molecule has 738 valence electrons. The smallest absolute Gasteiger partial charge is 0.300 e. The van der Waals surface area contributed by atoms with Gasteiger partial charge in [0, 0.05) is 114 Å².